The number of aromatic nitrogens is 4. The van der Waals surface area contributed by atoms with Crippen molar-refractivity contribution in [2.45, 2.75) is 30.7 Å². The van der Waals surface area contributed by atoms with Crippen LogP contribution in [-0.4, -0.2) is 25.0 Å². The predicted molar refractivity (Wildman–Crippen MR) is 44.4 cm³/mol. The lowest BCUT2D eigenvalue weighted by atomic mass is 10.3. The number of rotatable bonds is 1. The predicted octanol–water partition coefficient (Wildman–Crippen LogP) is 1.10. The molecule has 62 valence electrons. The average molecular weight is 172 g/mol. The molecule has 1 aromatic rings. The van der Waals surface area contributed by atoms with Crippen LogP contribution < -0.4 is 0 Å². The Morgan fingerprint density at radius 2 is 2.00 bits per heavy atom. The van der Waals surface area contributed by atoms with Crippen LogP contribution in [0.3, 0.4) is 0 Å². The molecule has 4 nitrogen and oxygen atoms in total. The zero-order valence-corrected chi connectivity index (χ0v) is 8.01. The standard InChI is InChI=1S/C6H12N4S/c1-6(2,3)11-5-7-8-9-10(5)4/h1-4H3. The van der Waals surface area contributed by atoms with Crippen molar-refractivity contribution in [1.29, 1.82) is 0 Å². The normalized spacial score (nSPS) is 12.0. The van der Waals surface area contributed by atoms with Gasteiger partial charge in [-0.25, -0.2) is 4.68 Å². The van der Waals surface area contributed by atoms with Crippen molar-refractivity contribution in [2.75, 3.05) is 0 Å². The van der Waals surface area contributed by atoms with Gasteiger partial charge in [-0.3, -0.25) is 0 Å². The van der Waals surface area contributed by atoms with E-state index >= 15 is 0 Å². The van der Waals surface area contributed by atoms with Gasteiger partial charge in [0.25, 0.3) is 0 Å². The summed E-state index contributed by atoms with van der Waals surface area (Å²) in [6.07, 6.45) is 0. The summed E-state index contributed by atoms with van der Waals surface area (Å²) >= 11 is 1.66. The number of hydrogen-bond donors (Lipinski definition) is 0. The van der Waals surface area contributed by atoms with Crippen LogP contribution in [0, 0.1) is 0 Å². The van der Waals surface area contributed by atoms with Crippen molar-refractivity contribution >= 4 is 11.8 Å². The van der Waals surface area contributed by atoms with Crippen LogP contribution in [0.15, 0.2) is 5.16 Å². The molecule has 0 atom stereocenters. The zero-order chi connectivity index (χ0) is 8.48. The maximum Gasteiger partial charge on any atom is 0.209 e. The molecule has 0 aliphatic rings. The van der Waals surface area contributed by atoms with Gasteiger partial charge in [-0.2, -0.15) is 0 Å². The highest BCUT2D eigenvalue weighted by Crippen LogP contribution is 2.28. The van der Waals surface area contributed by atoms with Crippen molar-refractivity contribution in [1.82, 2.24) is 20.2 Å². The Hall–Kier alpha value is -0.580. The van der Waals surface area contributed by atoms with E-state index in [9.17, 15) is 0 Å². The monoisotopic (exact) mass is 172 g/mol. The molecule has 0 aliphatic heterocycles. The van der Waals surface area contributed by atoms with E-state index in [0.29, 0.717) is 0 Å². The molecule has 0 unspecified atom stereocenters. The number of tetrazole rings is 1. The highest BCUT2D eigenvalue weighted by molar-refractivity contribution is 8.00. The first-order chi connectivity index (χ1) is 4.99. The van der Waals surface area contributed by atoms with E-state index in [-0.39, 0.29) is 4.75 Å². The van der Waals surface area contributed by atoms with Crippen molar-refractivity contribution in [3.8, 4) is 0 Å². The fourth-order valence-corrected chi connectivity index (χ4v) is 1.38. The van der Waals surface area contributed by atoms with Gasteiger partial charge in [0.05, 0.1) is 0 Å². The molecule has 0 bridgehead atoms. The van der Waals surface area contributed by atoms with Crippen molar-refractivity contribution in [2.24, 2.45) is 7.05 Å². The molecule has 0 aliphatic carbocycles. The van der Waals surface area contributed by atoms with E-state index < -0.39 is 0 Å². The molecule has 1 aromatic heterocycles. The van der Waals surface area contributed by atoms with Crippen LogP contribution in [0.4, 0.5) is 0 Å². The molecular formula is C6H12N4S. The summed E-state index contributed by atoms with van der Waals surface area (Å²) in [4.78, 5) is 0. The number of nitrogens with zero attached hydrogens (tertiary/aromatic N) is 4. The lowest BCUT2D eigenvalue weighted by molar-refractivity contribution is 0.659. The van der Waals surface area contributed by atoms with Crippen LogP contribution in [0.25, 0.3) is 0 Å². The van der Waals surface area contributed by atoms with Crippen molar-refractivity contribution < 1.29 is 0 Å². The summed E-state index contributed by atoms with van der Waals surface area (Å²) in [6, 6.07) is 0. The average Bonchev–Trinajstić information content (AvgIpc) is 2.12. The molecule has 0 saturated carbocycles. The smallest absolute Gasteiger partial charge is 0.209 e. The van der Waals surface area contributed by atoms with Gasteiger partial charge < -0.3 is 0 Å². The molecule has 0 fully saturated rings. The molecule has 0 N–H and O–H groups in total. The van der Waals surface area contributed by atoms with Gasteiger partial charge in [0, 0.05) is 11.8 Å². The summed E-state index contributed by atoms with van der Waals surface area (Å²) in [5, 5.41) is 12.0. The Kier molecular flexibility index (Phi) is 2.17. The van der Waals surface area contributed by atoms with E-state index in [0.717, 1.165) is 5.16 Å². The first kappa shape index (κ1) is 8.52. The third kappa shape index (κ3) is 2.49. The van der Waals surface area contributed by atoms with Gasteiger partial charge in [0.15, 0.2) is 0 Å². The maximum absolute atomic E-state index is 3.87. The van der Waals surface area contributed by atoms with Crippen molar-refractivity contribution in [3.05, 3.63) is 0 Å². The Morgan fingerprint density at radius 1 is 1.36 bits per heavy atom. The van der Waals surface area contributed by atoms with Gasteiger partial charge >= 0.3 is 0 Å². The second kappa shape index (κ2) is 2.81. The fourth-order valence-electron chi connectivity index (χ4n) is 0.582. The van der Waals surface area contributed by atoms with Gasteiger partial charge in [0.2, 0.25) is 5.16 Å². The van der Waals surface area contributed by atoms with E-state index in [1.807, 2.05) is 7.05 Å². The van der Waals surface area contributed by atoms with Crippen LogP contribution >= 0.6 is 11.8 Å². The molecule has 0 radical (unpaired) electrons. The lowest BCUT2D eigenvalue weighted by Crippen LogP contribution is -2.09. The molecule has 0 saturated heterocycles. The summed E-state index contributed by atoms with van der Waals surface area (Å²) in [6.45, 7) is 6.39. The Labute approximate surface area is 70.4 Å². The van der Waals surface area contributed by atoms with Gasteiger partial charge in [0.1, 0.15) is 0 Å². The highest BCUT2D eigenvalue weighted by Gasteiger charge is 2.15. The largest absolute Gasteiger partial charge is 0.224 e. The lowest BCUT2D eigenvalue weighted by Gasteiger charge is -2.14. The molecule has 0 spiro atoms. The summed E-state index contributed by atoms with van der Waals surface area (Å²) in [5.74, 6) is 0. The minimum atomic E-state index is 0.169. The fraction of sp³-hybridized carbons (Fsp3) is 0.833. The zero-order valence-electron chi connectivity index (χ0n) is 7.20. The van der Waals surface area contributed by atoms with Crippen LogP contribution in [0.1, 0.15) is 20.8 Å². The first-order valence-electron chi connectivity index (χ1n) is 3.40. The highest BCUT2D eigenvalue weighted by atomic mass is 32.2. The SMILES string of the molecule is Cn1nnnc1SC(C)(C)C. The third-order valence-corrected chi connectivity index (χ3v) is 2.12. The van der Waals surface area contributed by atoms with Crippen LogP contribution in [-0.2, 0) is 7.05 Å². The second-order valence-electron chi connectivity index (χ2n) is 3.30. The number of aryl methyl sites for hydroxylation is 1. The molecule has 0 amide bonds. The summed E-state index contributed by atoms with van der Waals surface area (Å²) in [5.41, 5.74) is 0. The summed E-state index contributed by atoms with van der Waals surface area (Å²) in [7, 11) is 1.84. The van der Waals surface area contributed by atoms with E-state index in [2.05, 4.69) is 36.3 Å². The van der Waals surface area contributed by atoms with Crippen LogP contribution in [0.2, 0.25) is 0 Å². The van der Waals surface area contributed by atoms with Gasteiger partial charge in [-0.05, 0) is 10.4 Å². The molecule has 5 heteroatoms. The topological polar surface area (TPSA) is 43.6 Å². The Balaban J connectivity index is 2.72. The van der Waals surface area contributed by atoms with Gasteiger partial charge in [-0.15, -0.1) is 5.10 Å². The number of thioether (sulfide) groups is 1. The quantitative estimate of drug-likeness (QED) is 0.595. The minimum Gasteiger partial charge on any atom is -0.224 e. The third-order valence-electron chi connectivity index (χ3n) is 0.979. The first-order valence-corrected chi connectivity index (χ1v) is 4.22. The molecule has 1 rings (SSSR count). The molecule has 1 heterocycles. The second-order valence-corrected chi connectivity index (χ2v) is 5.09. The van der Waals surface area contributed by atoms with E-state index in [4.69, 9.17) is 0 Å². The van der Waals surface area contributed by atoms with E-state index in [1.54, 1.807) is 16.4 Å². The van der Waals surface area contributed by atoms with Crippen LogP contribution in [0.5, 0.6) is 0 Å². The number of hydrogen-bond acceptors (Lipinski definition) is 4. The molecular weight excluding hydrogens is 160 g/mol. The summed E-state index contributed by atoms with van der Waals surface area (Å²) < 4.78 is 1.85. The molecule has 0 aromatic carbocycles. The van der Waals surface area contributed by atoms with E-state index in [1.165, 1.54) is 0 Å². The van der Waals surface area contributed by atoms with Crippen molar-refractivity contribution in [3.63, 3.8) is 0 Å². The Bertz CT molecular complexity index is 237. The maximum atomic E-state index is 3.87. The minimum absolute atomic E-state index is 0.169. The molecule has 11 heavy (non-hydrogen) atoms. The Morgan fingerprint density at radius 3 is 2.36 bits per heavy atom. The van der Waals surface area contributed by atoms with Gasteiger partial charge in [-0.1, -0.05) is 32.5 Å².